The highest BCUT2D eigenvalue weighted by atomic mass is 16.5. The summed E-state index contributed by atoms with van der Waals surface area (Å²) in [6.45, 7) is 1.77. The zero-order chi connectivity index (χ0) is 10.7. The smallest absolute Gasteiger partial charge is 0.310 e. The van der Waals surface area contributed by atoms with Crippen molar-refractivity contribution in [3.8, 4) is 5.75 Å². The molecule has 0 saturated heterocycles. The van der Waals surface area contributed by atoms with Gasteiger partial charge in [0.25, 0.3) is 0 Å². The van der Waals surface area contributed by atoms with Crippen LogP contribution in [0.4, 0.5) is 0 Å². The summed E-state index contributed by atoms with van der Waals surface area (Å²) in [6.07, 6.45) is 3.79. The van der Waals surface area contributed by atoms with Gasteiger partial charge >= 0.3 is 5.97 Å². The van der Waals surface area contributed by atoms with E-state index in [1.807, 2.05) is 18.2 Å². The Bertz CT molecular complexity index is 488. The second-order valence-corrected chi connectivity index (χ2v) is 3.18. The summed E-state index contributed by atoms with van der Waals surface area (Å²) in [7, 11) is 0. The Balaban J connectivity index is 2.46. The first-order chi connectivity index (χ1) is 7.31. The Morgan fingerprint density at radius 3 is 3.07 bits per heavy atom. The molecule has 0 N–H and O–H groups in total. The fraction of sp³-hybridized carbons (Fsp3) is 0.167. The van der Waals surface area contributed by atoms with E-state index in [1.165, 1.54) is 0 Å². The summed E-state index contributed by atoms with van der Waals surface area (Å²) in [5, 5.41) is 1.88. The summed E-state index contributed by atoms with van der Waals surface area (Å²) >= 11 is 0. The van der Waals surface area contributed by atoms with Gasteiger partial charge in [0, 0.05) is 24.2 Å². The van der Waals surface area contributed by atoms with Crippen LogP contribution in [0.5, 0.6) is 5.75 Å². The van der Waals surface area contributed by atoms with E-state index in [2.05, 4.69) is 4.98 Å². The minimum Gasteiger partial charge on any atom is -0.426 e. The fourth-order valence-corrected chi connectivity index (χ4v) is 1.37. The van der Waals surface area contributed by atoms with E-state index in [0.717, 1.165) is 10.8 Å². The van der Waals surface area contributed by atoms with E-state index < -0.39 is 0 Å². The standard InChI is InChI=1S/C12H11NO2/c1-2-12(14)15-11-5-3-4-9-6-7-13-8-10(9)11/h3-8H,2H2,1H3. The Labute approximate surface area is 87.7 Å². The van der Waals surface area contributed by atoms with E-state index in [-0.39, 0.29) is 5.97 Å². The lowest BCUT2D eigenvalue weighted by Gasteiger charge is -2.05. The van der Waals surface area contributed by atoms with Gasteiger partial charge in [0.05, 0.1) is 0 Å². The Kier molecular flexibility index (Phi) is 2.63. The lowest BCUT2D eigenvalue weighted by molar-refractivity contribution is -0.133. The van der Waals surface area contributed by atoms with Gasteiger partial charge in [-0.1, -0.05) is 19.1 Å². The molecule has 0 aliphatic rings. The van der Waals surface area contributed by atoms with Gasteiger partial charge in [-0.25, -0.2) is 0 Å². The molecule has 0 aliphatic heterocycles. The minimum absolute atomic E-state index is 0.230. The molecule has 0 amide bonds. The molecule has 0 spiro atoms. The van der Waals surface area contributed by atoms with Crippen molar-refractivity contribution >= 4 is 16.7 Å². The van der Waals surface area contributed by atoms with Gasteiger partial charge in [-0.05, 0) is 17.5 Å². The van der Waals surface area contributed by atoms with E-state index in [1.54, 1.807) is 25.4 Å². The quantitative estimate of drug-likeness (QED) is 0.553. The van der Waals surface area contributed by atoms with Crippen LogP contribution in [0.3, 0.4) is 0 Å². The zero-order valence-electron chi connectivity index (χ0n) is 8.43. The zero-order valence-corrected chi connectivity index (χ0v) is 8.43. The van der Waals surface area contributed by atoms with Gasteiger partial charge in [-0.2, -0.15) is 0 Å². The van der Waals surface area contributed by atoms with Gasteiger partial charge in [0.2, 0.25) is 0 Å². The van der Waals surface area contributed by atoms with Crippen LogP contribution in [0.15, 0.2) is 36.7 Å². The van der Waals surface area contributed by atoms with Crippen LogP contribution in [0.25, 0.3) is 10.8 Å². The van der Waals surface area contributed by atoms with Crippen molar-refractivity contribution in [2.45, 2.75) is 13.3 Å². The van der Waals surface area contributed by atoms with Gasteiger partial charge in [-0.15, -0.1) is 0 Å². The van der Waals surface area contributed by atoms with Crippen molar-refractivity contribution in [2.24, 2.45) is 0 Å². The minimum atomic E-state index is -0.230. The third kappa shape index (κ3) is 1.96. The van der Waals surface area contributed by atoms with Gasteiger partial charge in [-0.3, -0.25) is 9.78 Å². The third-order valence-corrected chi connectivity index (χ3v) is 2.16. The molecule has 2 aromatic rings. The second-order valence-electron chi connectivity index (χ2n) is 3.18. The largest absolute Gasteiger partial charge is 0.426 e. The summed E-state index contributed by atoms with van der Waals surface area (Å²) in [4.78, 5) is 15.2. The summed E-state index contributed by atoms with van der Waals surface area (Å²) in [5.74, 6) is 0.346. The molecule has 3 heteroatoms. The Morgan fingerprint density at radius 2 is 2.27 bits per heavy atom. The highest BCUT2D eigenvalue weighted by Gasteiger charge is 2.05. The maximum Gasteiger partial charge on any atom is 0.310 e. The van der Waals surface area contributed by atoms with Gasteiger partial charge in [0.15, 0.2) is 0 Å². The lowest BCUT2D eigenvalue weighted by Crippen LogP contribution is -2.05. The maximum atomic E-state index is 11.2. The van der Waals surface area contributed by atoms with Crippen LogP contribution in [-0.4, -0.2) is 11.0 Å². The molecule has 2 rings (SSSR count). The van der Waals surface area contributed by atoms with Crippen molar-refractivity contribution in [2.75, 3.05) is 0 Å². The normalized spacial score (nSPS) is 10.2. The average Bonchev–Trinajstić information content (AvgIpc) is 2.29. The summed E-state index contributed by atoms with van der Waals surface area (Å²) in [6, 6.07) is 7.48. The number of pyridine rings is 1. The molecular formula is C12H11NO2. The molecular weight excluding hydrogens is 190 g/mol. The number of benzene rings is 1. The molecule has 0 bridgehead atoms. The fourth-order valence-electron chi connectivity index (χ4n) is 1.37. The molecule has 15 heavy (non-hydrogen) atoms. The summed E-state index contributed by atoms with van der Waals surface area (Å²) in [5.41, 5.74) is 0. The number of carbonyl (C=O) groups excluding carboxylic acids is 1. The predicted molar refractivity (Wildman–Crippen MR) is 57.7 cm³/mol. The molecule has 0 unspecified atom stereocenters. The number of carbonyl (C=O) groups is 1. The van der Waals surface area contributed by atoms with E-state index >= 15 is 0 Å². The molecule has 0 saturated carbocycles. The van der Waals surface area contributed by atoms with Crippen molar-refractivity contribution in [1.82, 2.24) is 4.98 Å². The molecule has 1 aromatic heterocycles. The van der Waals surface area contributed by atoms with Crippen LogP contribution in [0.2, 0.25) is 0 Å². The van der Waals surface area contributed by atoms with Crippen molar-refractivity contribution in [3.63, 3.8) is 0 Å². The molecule has 0 atom stereocenters. The van der Waals surface area contributed by atoms with E-state index in [0.29, 0.717) is 12.2 Å². The van der Waals surface area contributed by atoms with Crippen LogP contribution in [-0.2, 0) is 4.79 Å². The average molecular weight is 201 g/mol. The molecule has 0 radical (unpaired) electrons. The predicted octanol–water partition coefficient (Wildman–Crippen LogP) is 2.55. The molecule has 1 heterocycles. The summed E-state index contributed by atoms with van der Waals surface area (Å²) < 4.78 is 5.20. The number of nitrogens with zero attached hydrogens (tertiary/aromatic N) is 1. The van der Waals surface area contributed by atoms with Crippen LogP contribution < -0.4 is 4.74 Å². The number of hydrogen-bond donors (Lipinski definition) is 0. The molecule has 1 aromatic carbocycles. The van der Waals surface area contributed by atoms with Crippen LogP contribution >= 0.6 is 0 Å². The molecule has 0 aliphatic carbocycles. The maximum absolute atomic E-state index is 11.2. The SMILES string of the molecule is CCC(=O)Oc1cccc2ccncc12. The van der Waals surface area contributed by atoms with E-state index in [4.69, 9.17) is 4.74 Å². The number of esters is 1. The van der Waals surface area contributed by atoms with Crippen molar-refractivity contribution < 1.29 is 9.53 Å². The highest BCUT2D eigenvalue weighted by molar-refractivity contribution is 5.89. The topological polar surface area (TPSA) is 39.2 Å². The Hall–Kier alpha value is -1.90. The number of fused-ring (bicyclic) bond motifs is 1. The van der Waals surface area contributed by atoms with E-state index in [9.17, 15) is 4.79 Å². The third-order valence-electron chi connectivity index (χ3n) is 2.16. The van der Waals surface area contributed by atoms with Crippen molar-refractivity contribution in [1.29, 1.82) is 0 Å². The Morgan fingerprint density at radius 1 is 1.40 bits per heavy atom. The molecule has 0 fully saturated rings. The monoisotopic (exact) mass is 201 g/mol. The highest BCUT2D eigenvalue weighted by Crippen LogP contribution is 2.24. The lowest BCUT2D eigenvalue weighted by atomic mass is 10.1. The second kappa shape index (κ2) is 4.09. The van der Waals surface area contributed by atoms with Crippen LogP contribution in [0.1, 0.15) is 13.3 Å². The molecule has 76 valence electrons. The van der Waals surface area contributed by atoms with Gasteiger partial charge in [0.1, 0.15) is 5.75 Å². The first-order valence-electron chi connectivity index (χ1n) is 4.84. The number of hydrogen-bond acceptors (Lipinski definition) is 3. The van der Waals surface area contributed by atoms with Gasteiger partial charge < -0.3 is 4.74 Å². The first-order valence-corrected chi connectivity index (χ1v) is 4.84. The number of aromatic nitrogens is 1. The van der Waals surface area contributed by atoms with Crippen LogP contribution in [0, 0.1) is 0 Å². The number of ether oxygens (including phenoxy) is 1. The molecule has 3 nitrogen and oxygen atoms in total. The first kappa shape index (κ1) is 9.65. The van der Waals surface area contributed by atoms with Crippen molar-refractivity contribution in [3.05, 3.63) is 36.7 Å². The number of rotatable bonds is 2.